The Bertz CT molecular complexity index is 989. The first kappa shape index (κ1) is 4.28. The molecule has 1 heterocycles. The van der Waals surface area contributed by atoms with Gasteiger partial charge in [-0.1, -0.05) is 60.4 Å². The Morgan fingerprint density at radius 2 is 1.11 bits per heavy atom. The minimum atomic E-state index is -0.563. The Balaban J connectivity index is 2.31. The van der Waals surface area contributed by atoms with Crippen LogP contribution in [0.2, 0.25) is 0 Å². The molecule has 3 aromatic rings. The molecule has 18 heavy (non-hydrogen) atoms. The third-order valence-electron chi connectivity index (χ3n) is 2.09. The lowest BCUT2D eigenvalue weighted by atomic mass is 10.1. The van der Waals surface area contributed by atoms with Gasteiger partial charge in [-0.05, 0) is 11.3 Å². The van der Waals surface area contributed by atoms with Crippen LogP contribution in [0, 0.1) is 0 Å². The van der Waals surface area contributed by atoms with Gasteiger partial charge in [0, 0.05) is 11.1 Å². The average Bonchev–Trinajstić information content (AvgIpc) is 2.68. The van der Waals surface area contributed by atoms with Gasteiger partial charge in [0.1, 0.15) is 0 Å². The lowest BCUT2D eigenvalue weighted by Crippen LogP contribution is -1.93. The van der Waals surface area contributed by atoms with E-state index in [-0.39, 0.29) is 22.5 Å². The molecule has 3 rings (SSSR count). The molecule has 0 aliphatic heterocycles. The fourth-order valence-corrected chi connectivity index (χ4v) is 1.31. The molecular weight excluding hydrogens is 222 g/mol. The van der Waals surface area contributed by atoms with Crippen molar-refractivity contribution < 1.29 is 13.7 Å². The van der Waals surface area contributed by atoms with E-state index in [4.69, 9.17) is 13.7 Å². The van der Waals surface area contributed by atoms with E-state index in [0.717, 1.165) is 0 Å². The number of nitrogens with zero attached hydrogens (tertiary/aromatic N) is 3. The van der Waals surface area contributed by atoms with Gasteiger partial charge in [0.2, 0.25) is 0 Å². The predicted molar refractivity (Wildman–Crippen MR) is 70.7 cm³/mol. The van der Waals surface area contributed by atoms with Crippen molar-refractivity contribution in [3.8, 4) is 22.5 Å². The van der Waals surface area contributed by atoms with Crippen molar-refractivity contribution >= 4 is 0 Å². The summed E-state index contributed by atoms with van der Waals surface area (Å²) in [7, 11) is 0. The molecule has 0 saturated heterocycles. The van der Waals surface area contributed by atoms with Crippen LogP contribution in [-0.4, -0.2) is 15.4 Å². The number of hydrogen-bond acceptors (Lipinski definition) is 3. The summed E-state index contributed by atoms with van der Waals surface area (Å²) in [6.45, 7) is 0. The Labute approximate surface area is 119 Å². The zero-order valence-electron chi connectivity index (χ0n) is 18.9. The normalized spacial score (nSPS) is 18.0. The van der Waals surface area contributed by atoms with Crippen LogP contribution in [-0.2, 0) is 0 Å². The molecule has 0 N–H and O–H groups in total. The van der Waals surface area contributed by atoms with Crippen molar-refractivity contribution in [2.45, 2.75) is 0 Å². The van der Waals surface area contributed by atoms with Gasteiger partial charge >= 0.3 is 0 Å². The summed E-state index contributed by atoms with van der Waals surface area (Å²) in [5.41, 5.74) is -0.716. The van der Waals surface area contributed by atoms with Crippen molar-refractivity contribution in [2.75, 3.05) is 0 Å². The van der Waals surface area contributed by atoms with Crippen LogP contribution < -0.4 is 0 Å². The molecule has 86 valence electrons. The summed E-state index contributed by atoms with van der Waals surface area (Å²) in [4.78, 5) is 0. The highest BCUT2D eigenvalue weighted by Gasteiger charge is 2.04. The number of rotatable bonds is 2. The monoisotopic (exact) mass is 243 g/mol. The second kappa shape index (κ2) is 4.75. The largest absolute Gasteiger partial charge is 0.130 e. The van der Waals surface area contributed by atoms with Crippen LogP contribution in [0.4, 0.5) is 0 Å². The molecular formula is C15H11N3. The maximum atomic E-state index is 8.01. The quantitative estimate of drug-likeness (QED) is 0.693. The minimum Gasteiger partial charge on any atom is -0.130 e. The predicted octanol–water partition coefficient (Wildman–Crippen LogP) is 3.21. The minimum absolute atomic E-state index is 0.131. The third-order valence-corrected chi connectivity index (χ3v) is 2.09. The second-order valence-electron chi connectivity index (χ2n) is 3.20. The van der Waals surface area contributed by atoms with Crippen LogP contribution in [0.5, 0.6) is 0 Å². The zero-order chi connectivity index (χ0) is 20.9. The first-order valence-corrected chi connectivity index (χ1v) is 4.92. The van der Waals surface area contributed by atoms with Gasteiger partial charge in [-0.3, -0.25) is 0 Å². The zero-order valence-corrected chi connectivity index (χ0v) is 8.92. The second-order valence-corrected chi connectivity index (χ2v) is 3.20. The topological polar surface area (TPSA) is 38.7 Å². The van der Waals surface area contributed by atoms with Crippen molar-refractivity contribution in [1.82, 2.24) is 15.4 Å². The maximum absolute atomic E-state index is 8.01. The first-order chi connectivity index (χ1) is 13.1. The van der Waals surface area contributed by atoms with Gasteiger partial charge in [0.25, 0.3) is 0 Å². The fourth-order valence-electron chi connectivity index (χ4n) is 1.31. The molecule has 3 heteroatoms. The van der Waals surface area contributed by atoms with E-state index in [1.54, 1.807) is 0 Å². The Kier molecular flexibility index (Phi) is 1.13. The van der Waals surface area contributed by atoms with Gasteiger partial charge in [0.05, 0.1) is 25.1 Å². The maximum Gasteiger partial charge on any atom is 0.0969 e. The van der Waals surface area contributed by atoms with E-state index in [2.05, 4.69) is 15.4 Å². The van der Waals surface area contributed by atoms with E-state index in [1.165, 1.54) is 6.07 Å². The highest BCUT2D eigenvalue weighted by Crippen LogP contribution is 2.21. The Morgan fingerprint density at radius 3 is 1.56 bits per heavy atom. The lowest BCUT2D eigenvalue weighted by molar-refractivity contribution is 0.876. The summed E-state index contributed by atoms with van der Waals surface area (Å²) >= 11 is 0. The smallest absolute Gasteiger partial charge is 0.0969 e. The van der Waals surface area contributed by atoms with Crippen molar-refractivity contribution in [1.29, 1.82) is 0 Å². The molecule has 0 atom stereocenters. The molecule has 0 spiro atoms. The number of benzene rings is 2. The Hall–Kier alpha value is -2.55. The van der Waals surface area contributed by atoms with Crippen molar-refractivity contribution in [3.63, 3.8) is 0 Å². The van der Waals surface area contributed by atoms with Crippen LogP contribution in [0.1, 0.15) is 13.7 Å². The third kappa shape index (κ3) is 2.11. The van der Waals surface area contributed by atoms with E-state index in [0.29, 0.717) is 0 Å². The lowest BCUT2D eigenvalue weighted by Gasteiger charge is -2.02. The molecule has 0 aliphatic rings. The van der Waals surface area contributed by atoms with Crippen molar-refractivity contribution in [2.24, 2.45) is 0 Å². The number of hydrogen-bond donors (Lipinski definition) is 0. The molecule has 0 bridgehead atoms. The van der Waals surface area contributed by atoms with E-state index in [9.17, 15) is 0 Å². The molecule has 3 nitrogen and oxygen atoms in total. The molecule has 2 aromatic carbocycles. The summed E-state index contributed by atoms with van der Waals surface area (Å²) in [5, 5.41) is 10.9. The standard InChI is InChI=1S/C15H11N3/c1-3-7-12(8-4-1)14-11-15(17-18-16-14)13-9-5-2-6-10-13/h1-11H/i1D,2D,3D,4D,5D,6D,7D,8D,9D,10D. The molecule has 0 radical (unpaired) electrons. The van der Waals surface area contributed by atoms with Gasteiger partial charge in [-0.15, -0.1) is 10.2 Å². The highest BCUT2D eigenvalue weighted by molar-refractivity contribution is 5.66. The summed E-state index contributed by atoms with van der Waals surface area (Å²) < 4.78 is 78.3. The van der Waals surface area contributed by atoms with Crippen LogP contribution >= 0.6 is 0 Å². The van der Waals surface area contributed by atoms with Crippen LogP contribution in [0.3, 0.4) is 0 Å². The fraction of sp³-hybridized carbons (Fsp3) is 0. The summed E-state index contributed by atoms with van der Waals surface area (Å²) in [6.07, 6.45) is 0. The van der Waals surface area contributed by atoms with Crippen LogP contribution in [0.15, 0.2) is 66.5 Å². The molecule has 0 saturated carbocycles. The molecule has 0 aliphatic carbocycles. The van der Waals surface area contributed by atoms with Gasteiger partial charge in [0.15, 0.2) is 0 Å². The van der Waals surface area contributed by atoms with E-state index in [1.807, 2.05) is 0 Å². The first-order valence-electron chi connectivity index (χ1n) is 9.92. The molecule has 0 unspecified atom stereocenters. The SMILES string of the molecule is [2H]c1c([2H])c([2H])c(-c2cc(-c3c([2H])c([2H])c([2H])c([2H])c3[2H])nnn2)c([2H])c1[2H]. The van der Waals surface area contributed by atoms with Crippen molar-refractivity contribution in [3.05, 3.63) is 66.5 Å². The summed E-state index contributed by atoms with van der Waals surface area (Å²) in [5.74, 6) is 0. The number of aromatic nitrogens is 3. The molecule has 0 fully saturated rings. The Morgan fingerprint density at radius 1 is 0.667 bits per heavy atom. The summed E-state index contributed by atoms with van der Waals surface area (Å²) in [6, 6.07) is -4.18. The molecule has 1 aromatic heterocycles. The van der Waals surface area contributed by atoms with E-state index >= 15 is 0 Å². The van der Waals surface area contributed by atoms with Gasteiger partial charge in [-0.2, -0.15) is 0 Å². The average molecular weight is 243 g/mol. The van der Waals surface area contributed by atoms with Gasteiger partial charge < -0.3 is 0 Å². The molecule has 0 amide bonds. The van der Waals surface area contributed by atoms with E-state index < -0.39 is 60.4 Å². The highest BCUT2D eigenvalue weighted by atomic mass is 15.3. The van der Waals surface area contributed by atoms with Crippen LogP contribution in [0.25, 0.3) is 22.5 Å². The van der Waals surface area contributed by atoms with Gasteiger partial charge in [-0.25, -0.2) is 0 Å².